The van der Waals surface area contributed by atoms with Crippen molar-refractivity contribution in [3.05, 3.63) is 50.6 Å². The van der Waals surface area contributed by atoms with Gasteiger partial charge in [0, 0.05) is 22.2 Å². The number of thiophene rings is 2. The minimum atomic E-state index is 0.482. The number of hydrogen-bond acceptors (Lipinski definition) is 8. The fraction of sp³-hybridized carbons (Fsp3) is 0.478. The molecule has 4 aromatic rings. The van der Waals surface area contributed by atoms with E-state index >= 15 is 0 Å². The largest absolute Gasteiger partial charge is 0.419 e. The summed E-state index contributed by atoms with van der Waals surface area (Å²) in [7, 11) is 0. The molecule has 4 heterocycles. The van der Waals surface area contributed by atoms with Crippen LogP contribution >= 0.6 is 34.4 Å². The number of rotatable bonds is 8. The molecule has 0 atom stereocenters. The minimum absolute atomic E-state index is 0.482. The zero-order valence-corrected chi connectivity index (χ0v) is 20.9. The van der Waals surface area contributed by atoms with E-state index in [-0.39, 0.29) is 0 Å². The monoisotopic (exact) mass is 485 g/mol. The molecule has 1 aliphatic carbocycles. The second-order valence-corrected chi connectivity index (χ2v) is 11.3. The first-order chi connectivity index (χ1) is 15.7. The molecule has 5 rings (SSSR count). The zero-order chi connectivity index (χ0) is 21.9. The number of nitrogens with zero attached hydrogens (tertiary/aromatic N) is 5. The van der Waals surface area contributed by atoms with Crippen molar-refractivity contribution in [2.45, 2.75) is 75.7 Å². The summed E-state index contributed by atoms with van der Waals surface area (Å²) < 4.78 is 8.38. The van der Waals surface area contributed by atoms with E-state index in [9.17, 15) is 0 Å². The Balaban J connectivity index is 1.33. The quantitative estimate of drug-likeness (QED) is 0.258. The summed E-state index contributed by atoms with van der Waals surface area (Å²) in [5, 5.41) is 20.8. The van der Waals surface area contributed by atoms with E-state index in [0.29, 0.717) is 23.6 Å². The molecular formula is C23H27N5OS3. The van der Waals surface area contributed by atoms with E-state index in [0.717, 1.165) is 28.7 Å². The van der Waals surface area contributed by atoms with Gasteiger partial charge in [-0.25, -0.2) is 0 Å². The lowest BCUT2D eigenvalue weighted by Crippen LogP contribution is -2.16. The van der Waals surface area contributed by atoms with Crippen LogP contribution in [-0.2, 0) is 18.6 Å². The molecule has 1 saturated carbocycles. The molecule has 0 amide bonds. The van der Waals surface area contributed by atoms with E-state index in [1.165, 1.54) is 47.4 Å². The second kappa shape index (κ2) is 9.89. The fourth-order valence-corrected chi connectivity index (χ4v) is 6.91. The molecule has 168 valence electrons. The summed E-state index contributed by atoms with van der Waals surface area (Å²) in [6, 6.07) is 6.90. The van der Waals surface area contributed by atoms with E-state index in [1.807, 2.05) is 0 Å². The molecule has 1 aliphatic rings. The van der Waals surface area contributed by atoms with E-state index in [1.54, 1.807) is 34.4 Å². The van der Waals surface area contributed by atoms with Gasteiger partial charge in [-0.2, -0.15) is 0 Å². The molecule has 4 aromatic heterocycles. The van der Waals surface area contributed by atoms with Crippen LogP contribution in [0.1, 0.15) is 72.1 Å². The maximum atomic E-state index is 5.99. The van der Waals surface area contributed by atoms with Gasteiger partial charge in [0.15, 0.2) is 5.16 Å². The van der Waals surface area contributed by atoms with Crippen molar-refractivity contribution in [1.82, 2.24) is 25.0 Å². The van der Waals surface area contributed by atoms with Crippen LogP contribution in [0, 0.1) is 6.92 Å². The first-order valence-electron chi connectivity index (χ1n) is 11.2. The zero-order valence-electron chi connectivity index (χ0n) is 18.4. The Bertz CT molecular complexity index is 1150. The van der Waals surface area contributed by atoms with Gasteiger partial charge in [0.1, 0.15) is 5.82 Å². The van der Waals surface area contributed by atoms with E-state index in [2.05, 4.69) is 62.4 Å². The highest BCUT2D eigenvalue weighted by Crippen LogP contribution is 2.35. The summed E-state index contributed by atoms with van der Waals surface area (Å²) in [5.74, 6) is 2.91. The fourth-order valence-electron chi connectivity index (χ4n) is 4.32. The highest BCUT2D eigenvalue weighted by molar-refractivity contribution is 7.98. The van der Waals surface area contributed by atoms with Crippen molar-refractivity contribution in [1.29, 1.82) is 0 Å². The summed E-state index contributed by atoms with van der Waals surface area (Å²) in [6.45, 7) is 4.31. The molecule has 0 aromatic carbocycles. The lowest BCUT2D eigenvalue weighted by atomic mass is 9.95. The van der Waals surface area contributed by atoms with Crippen LogP contribution in [0.25, 0.3) is 10.8 Å². The summed E-state index contributed by atoms with van der Waals surface area (Å²) in [4.78, 5) is 3.74. The van der Waals surface area contributed by atoms with Crippen molar-refractivity contribution in [2.75, 3.05) is 0 Å². The van der Waals surface area contributed by atoms with Gasteiger partial charge in [-0.1, -0.05) is 44.0 Å². The Morgan fingerprint density at radius 1 is 1.16 bits per heavy atom. The Hall–Kier alpha value is -1.97. The third kappa shape index (κ3) is 4.70. The van der Waals surface area contributed by atoms with E-state index in [4.69, 9.17) is 4.42 Å². The molecule has 32 heavy (non-hydrogen) atoms. The summed E-state index contributed by atoms with van der Waals surface area (Å²) in [6.07, 6.45) is 8.14. The number of aryl methyl sites for hydroxylation is 2. The van der Waals surface area contributed by atoms with Crippen LogP contribution in [0.15, 0.2) is 33.2 Å². The van der Waals surface area contributed by atoms with Gasteiger partial charge in [-0.05, 0) is 49.3 Å². The van der Waals surface area contributed by atoms with Gasteiger partial charge in [-0.3, -0.25) is 0 Å². The van der Waals surface area contributed by atoms with Gasteiger partial charge < -0.3 is 8.98 Å². The Labute approximate surface area is 200 Å². The molecule has 0 bridgehead atoms. The third-order valence-corrected chi connectivity index (χ3v) is 9.11. The molecule has 9 heteroatoms. The predicted octanol–water partition coefficient (Wildman–Crippen LogP) is 6.71. The van der Waals surface area contributed by atoms with Crippen LogP contribution in [0.5, 0.6) is 0 Å². The van der Waals surface area contributed by atoms with E-state index < -0.39 is 0 Å². The molecule has 6 nitrogen and oxygen atoms in total. The Morgan fingerprint density at radius 3 is 2.78 bits per heavy atom. The van der Waals surface area contributed by atoms with Gasteiger partial charge in [0.2, 0.25) is 5.89 Å². The average molecular weight is 486 g/mol. The van der Waals surface area contributed by atoms with Crippen molar-refractivity contribution >= 4 is 34.4 Å². The van der Waals surface area contributed by atoms with Gasteiger partial charge in [0.25, 0.3) is 5.89 Å². The molecular weight excluding hydrogens is 458 g/mol. The van der Waals surface area contributed by atoms with Gasteiger partial charge in [0.05, 0.1) is 10.6 Å². The normalized spacial score (nSPS) is 14.9. The molecule has 0 saturated heterocycles. The van der Waals surface area contributed by atoms with Crippen molar-refractivity contribution in [3.8, 4) is 10.8 Å². The predicted molar refractivity (Wildman–Crippen MR) is 131 cm³/mol. The highest BCUT2D eigenvalue weighted by Gasteiger charge is 2.24. The van der Waals surface area contributed by atoms with Crippen LogP contribution < -0.4 is 0 Å². The van der Waals surface area contributed by atoms with Crippen LogP contribution in [-0.4, -0.2) is 25.0 Å². The van der Waals surface area contributed by atoms with Gasteiger partial charge in [-0.15, -0.1) is 43.1 Å². The number of aromatic nitrogens is 5. The molecule has 0 unspecified atom stereocenters. The molecule has 0 radical (unpaired) electrons. The maximum Gasteiger partial charge on any atom is 0.257 e. The van der Waals surface area contributed by atoms with Crippen molar-refractivity contribution < 1.29 is 4.42 Å². The highest BCUT2D eigenvalue weighted by atomic mass is 32.2. The maximum absolute atomic E-state index is 5.99. The smallest absolute Gasteiger partial charge is 0.257 e. The average Bonchev–Trinajstić information content (AvgIpc) is 3.61. The molecule has 1 fully saturated rings. The Morgan fingerprint density at radius 2 is 2.03 bits per heavy atom. The molecule has 0 aliphatic heterocycles. The van der Waals surface area contributed by atoms with Gasteiger partial charge >= 0.3 is 0 Å². The number of thioether (sulfide) groups is 1. The lowest BCUT2D eigenvalue weighted by molar-refractivity contribution is 0.330. The molecule has 0 spiro atoms. The standard InChI is InChI=1S/C23H27N5OS3/c1-3-18-15(2)12-19(32-18)22-26-25-21(29-22)14-31-23-27-24-20(13-17-10-7-11-30-17)28(23)16-8-5-4-6-9-16/h7,10-12,16H,3-6,8-9,13-14H2,1-2H3. The lowest BCUT2D eigenvalue weighted by Gasteiger charge is -2.25. The van der Waals surface area contributed by atoms with Crippen LogP contribution in [0.3, 0.4) is 0 Å². The first-order valence-corrected chi connectivity index (χ1v) is 13.9. The summed E-state index contributed by atoms with van der Waals surface area (Å²) >= 11 is 5.16. The first kappa shape index (κ1) is 21.9. The van der Waals surface area contributed by atoms with Crippen LogP contribution in [0.2, 0.25) is 0 Å². The number of hydrogen-bond donors (Lipinski definition) is 0. The Kier molecular flexibility index (Phi) is 6.75. The molecule has 0 N–H and O–H groups in total. The van der Waals surface area contributed by atoms with Crippen LogP contribution in [0.4, 0.5) is 0 Å². The second-order valence-electron chi connectivity index (χ2n) is 8.18. The third-order valence-electron chi connectivity index (χ3n) is 5.93. The minimum Gasteiger partial charge on any atom is -0.419 e. The SMILES string of the molecule is CCc1sc(-c2nnc(CSc3nnc(Cc4cccs4)n3C3CCCCC3)o2)cc1C. The van der Waals surface area contributed by atoms with Crippen molar-refractivity contribution in [2.24, 2.45) is 0 Å². The van der Waals surface area contributed by atoms with Crippen molar-refractivity contribution in [3.63, 3.8) is 0 Å². The summed E-state index contributed by atoms with van der Waals surface area (Å²) in [5.41, 5.74) is 1.29. The topological polar surface area (TPSA) is 69.6 Å².